The third-order valence-electron chi connectivity index (χ3n) is 3.04. The van der Waals surface area contributed by atoms with Crippen LogP contribution < -0.4 is 5.32 Å². The summed E-state index contributed by atoms with van der Waals surface area (Å²) in [6, 6.07) is 9.79. The number of hydrogen-bond acceptors (Lipinski definition) is 3. The fourth-order valence-corrected chi connectivity index (χ4v) is 1.74. The molecule has 2 N–H and O–H groups in total. The van der Waals surface area contributed by atoms with Crippen molar-refractivity contribution in [2.45, 2.75) is 13.0 Å². The Morgan fingerprint density at radius 1 is 1.26 bits per heavy atom. The van der Waals surface area contributed by atoms with Crippen molar-refractivity contribution in [2.24, 2.45) is 5.92 Å². The number of likely N-dealkylation sites (N-methyl/N-ethyl adjacent to an activating group) is 1. The zero-order valence-corrected chi connectivity index (χ0v) is 11.5. The van der Waals surface area contributed by atoms with Crippen molar-refractivity contribution in [3.8, 4) is 0 Å². The molecule has 1 rings (SSSR count). The number of nitrogens with zero attached hydrogens (tertiary/aromatic N) is 1. The second-order valence-corrected chi connectivity index (χ2v) is 4.70. The predicted octanol–water partition coefficient (Wildman–Crippen LogP) is 1.13. The number of carboxylic acids is 1. The van der Waals surface area contributed by atoms with Gasteiger partial charge in [-0.15, -0.1) is 0 Å². The smallest absolute Gasteiger partial charge is 0.315 e. The zero-order valence-electron chi connectivity index (χ0n) is 11.5. The zero-order chi connectivity index (χ0) is 14.4. The van der Waals surface area contributed by atoms with Gasteiger partial charge in [0, 0.05) is 6.54 Å². The Balaban J connectivity index is 2.66. The van der Waals surface area contributed by atoms with Gasteiger partial charge in [-0.05, 0) is 26.6 Å². The molecule has 104 valence electrons. The van der Waals surface area contributed by atoms with Gasteiger partial charge in [0.2, 0.25) is 5.91 Å². The lowest BCUT2D eigenvalue weighted by atomic mass is 10.1. The van der Waals surface area contributed by atoms with Gasteiger partial charge in [0.1, 0.15) is 5.92 Å². The lowest BCUT2D eigenvalue weighted by molar-refractivity contribution is -0.146. The maximum atomic E-state index is 11.6. The molecule has 0 aliphatic rings. The lowest BCUT2D eigenvalue weighted by Gasteiger charge is -2.25. The van der Waals surface area contributed by atoms with Crippen LogP contribution in [0.3, 0.4) is 0 Å². The van der Waals surface area contributed by atoms with E-state index in [0.717, 1.165) is 5.56 Å². The van der Waals surface area contributed by atoms with Gasteiger partial charge in [-0.3, -0.25) is 9.59 Å². The summed E-state index contributed by atoms with van der Waals surface area (Å²) in [5, 5.41) is 11.5. The monoisotopic (exact) mass is 264 g/mol. The summed E-state index contributed by atoms with van der Waals surface area (Å²) >= 11 is 0. The van der Waals surface area contributed by atoms with Gasteiger partial charge in [-0.1, -0.05) is 30.3 Å². The minimum atomic E-state index is -1.11. The predicted molar refractivity (Wildman–Crippen MR) is 72.7 cm³/mol. The molecule has 0 bridgehead atoms. The molecule has 0 fully saturated rings. The van der Waals surface area contributed by atoms with Crippen LogP contribution in [0.4, 0.5) is 0 Å². The number of rotatable bonds is 6. The summed E-state index contributed by atoms with van der Waals surface area (Å²) < 4.78 is 0. The van der Waals surface area contributed by atoms with E-state index in [1.165, 1.54) is 6.92 Å². The molecule has 2 atom stereocenters. The van der Waals surface area contributed by atoms with Crippen LogP contribution in [0.15, 0.2) is 30.3 Å². The molecule has 1 amide bonds. The number of nitrogens with one attached hydrogen (secondary N) is 1. The van der Waals surface area contributed by atoms with Crippen LogP contribution in [0, 0.1) is 5.92 Å². The van der Waals surface area contributed by atoms with Crippen LogP contribution in [-0.4, -0.2) is 42.5 Å². The summed E-state index contributed by atoms with van der Waals surface area (Å²) in [5.41, 5.74) is 1.08. The van der Waals surface area contributed by atoms with Gasteiger partial charge < -0.3 is 15.3 Å². The molecule has 0 aliphatic heterocycles. The molecule has 1 aromatic carbocycles. The van der Waals surface area contributed by atoms with E-state index in [2.05, 4.69) is 5.32 Å². The first-order valence-corrected chi connectivity index (χ1v) is 6.15. The third-order valence-corrected chi connectivity index (χ3v) is 3.04. The summed E-state index contributed by atoms with van der Waals surface area (Å²) in [6.45, 7) is 1.76. The Bertz CT molecular complexity index is 432. The van der Waals surface area contributed by atoms with Crippen LogP contribution in [0.5, 0.6) is 0 Å². The molecule has 5 heteroatoms. The molecule has 2 unspecified atom stereocenters. The Morgan fingerprint density at radius 3 is 2.32 bits per heavy atom. The van der Waals surface area contributed by atoms with E-state index in [9.17, 15) is 9.59 Å². The molecule has 0 heterocycles. The van der Waals surface area contributed by atoms with E-state index in [-0.39, 0.29) is 6.04 Å². The van der Waals surface area contributed by atoms with E-state index in [1.807, 2.05) is 49.3 Å². The van der Waals surface area contributed by atoms with Crippen LogP contribution in [0.1, 0.15) is 18.5 Å². The molecule has 19 heavy (non-hydrogen) atoms. The molecule has 0 saturated carbocycles. The van der Waals surface area contributed by atoms with Crippen molar-refractivity contribution in [2.75, 3.05) is 20.6 Å². The molecule has 0 radical (unpaired) electrons. The van der Waals surface area contributed by atoms with Crippen molar-refractivity contribution in [1.29, 1.82) is 0 Å². The summed E-state index contributed by atoms with van der Waals surface area (Å²) in [4.78, 5) is 24.3. The quantitative estimate of drug-likeness (QED) is 0.756. The van der Waals surface area contributed by atoms with Crippen LogP contribution in [0.2, 0.25) is 0 Å². The minimum absolute atomic E-state index is 0.0196. The number of amides is 1. The van der Waals surface area contributed by atoms with E-state index in [4.69, 9.17) is 5.11 Å². The largest absolute Gasteiger partial charge is 0.481 e. The van der Waals surface area contributed by atoms with Crippen LogP contribution in [0.25, 0.3) is 0 Å². The Hall–Kier alpha value is -1.88. The highest BCUT2D eigenvalue weighted by Gasteiger charge is 2.22. The van der Waals surface area contributed by atoms with E-state index >= 15 is 0 Å². The van der Waals surface area contributed by atoms with Gasteiger partial charge in [0.05, 0.1) is 6.04 Å². The highest BCUT2D eigenvalue weighted by Crippen LogP contribution is 2.16. The molecule has 0 aromatic heterocycles. The first-order valence-electron chi connectivity index (χ1n) is 6.15. The summed E-state index contributed by atoms with van der Waals surface area (Å²) in [6.07, 6.45) is 0. The van der Waals surface area contributed by atoms with Crippen molar-refractivity contribution in [3.05, 3.63) is 35.9 Å². The molecular weight excluding hydrogens is 244 g/mol. The van der Waals surface area contributed by atoms with Gasteiger partial charge in [0.15, 0.2) is 0 Å². The lowest BCUT2D eigenvalue weighted by Crippen LogP contribution is -2.39. The fraction of sp³-hybridized carbons (Fsp3) is 0.429. The molecule has 0 spiro atoms. The number of benzene rings is 1. The minimum Gasteiger partial charge on any atom is -0.481 e. The number of carbonyl (C=O) groups excluding carboxylic acids is 1. The molecule has 5 nitrogen and oxygen atoms in total. The van der Waals surface area contributed by atoms with Gasteiger partial charge in [0.25, 0.3) is 0 Å². The topological polar surface area (TPSA) is 69.6 Å². The summed E-state index contributed by atoms with van der Waals surface area (Å²) in [7, 11) is 3.84. The second kappa shape index (κ2) is 6.89. The maximum absolute atomic E-state index is 11.6. The number of aliphatic carboxylic acids is 1. The van der Waals surface area contributed by atoms with Crippen molar-refractivity contribution in [1.82, 2.24) is 10.2 Å². The normalized spacial score (nSPS) is 13.9. The van der Waals surface area contributed by atoms with Gasteiger partial charge in [-0.2, -0.15) is 0 Å². The molecule has 0 aliphatic carbocycles. The molecule has 1 aromatic rings. The highest BCUT2D eigenvalue weighted by molar-refractivity contribution is 5.96. The Morgan fingerprint density at radius 2 is 1.84 bits per heavy atom. The van der Waals surface area contributed by atoms with Crippen molar-refractivity contribution in [3.63, 3.8) is 0 Å². The number of hydrogen-bond donors (Lipinski definition) is 2. The highest BCUT2D eigenvalue weighted by atomic mass is 16.4. The SMILES string of the molecule is CC(C(=O)O)C(=O)NCC(c1ccccc1)N(C)C. The van der Waals surface area contributed by atoms with Gasteiger partial charge >= 0.3 is 5.97 Å². The third kappa shape index (κ3) is 4.37. The average molecular weight is 264 g/mol. The average Bonchev–Trinajstić information content (AvgIpc) is 2.38. The van der Waals surface area contributed by atoms with Crippen LogP contribution >= 0.6 is 0 Å². The standard InChI is InChI=1S/C14H20N2O3/c1-10(14(18)19)13(17)15-9-12(16(2)3)11-7-5-4-6-8-11/h4-8,10,12H,9H2,1-3H3,(H,15,17)(H,18,19). The van der Waals surface area contributed by atoms with Crippen LogP contribution in [-0.2, 0) is 9.59 Å². The van der Waals surface area contributed by atoms with Crippen molar-refractivity contribution < 1.29 is 14.7 Å². The first-order chi connectivity index (χ1) is 8.93. The van der Waals surface area contributed by atoms with E-state index in [1.54, 1.807) is 0 Å². The van der Waals surface area contributed by atoms with E-state index in [0.29, 0.717) is 6.54 Å². The first kappa shape index (κ1) is 15.2. The Labute approximate surface area is 113 Å². The fourth-order valence-electron chi connectivity index (χ4n) is 1.74. The second-order valence-electron chi connectivity index (χ2n) is 4.70. The Kier molecular flexibility index (Phi) is 5.51. The maximum Gasteiger partial charge on any atom is 0.315 e. The van der Waals surface area contributed by atoms with Gasteiger partial charge in [-0.25, -0.2) is 0 Å². The molecular formula is C14H20N2O3. The number of carbonyl (C=O) groups is 2. The van der Waals surface area contributed by atoms with Crippen molar-refractivity contribution >= 4 is 11.9 Å². The summed E-state index contributed by atoms with van der Waals surface area (Å²) in [5.74, 6) is -2.60. The molecule has 0 saturated heterocycles. The van der Waals surface area contributed by atoms with E-state index < -0.39 is 17.8 Å². The number of carboxylic acid groups (broad SMARTS) is 1.